The number of nitrogens with one attached hydrogen (secondary N) is 8. The zero-order valence-electron chi connectivity index (χ0n) is 51.7. The van der Waals surface area contributed by atoms with Crippen molar-refractivity contribution in [3.8, 4) is 0 Å². The van der Waals surface area contributed by atoms with Gasteiger partial charge in [0.2, 0.25) is 53.2 Å². The number of likely N-dealkylation sites (tertiary alicyclic amines) is 1. The van der Waals surface area contributed by atoms with E-state index < -0.39 is 112 Å². The van der Waals surface area contributed by atoms with Gasteiger partial charge in [-0.2, -0.15) is 0 Å². The van der Waals surface area contributed by atoms with E-state index in [-0.39, 0.29) is 61.9 Å². The first-order valence-electron chi connectivity index (χ1n) is 29.3. The Kier molecular flexibility index (Phi) is 31.2. The maximum atomic E-state index is 14.1. The molecular formula is C58H106N10O12. The van der Waals surface area contributed by atoms with Crippen LogP contribution in [0.1, 0.15) is 194 Å². The summed E-state index contributed by atoms with van der Waals surface area (Å²) in [7, 11) is 1.80. The van der Waals surface area contributed by atoms with Crippen LogP contribution >= 0.6 is 0 Å². The first kappa shape index (κ1) is 72.8. The number of hydrogen-bond donors (Lipinski definition) is 10. The molecule has 0 radical (unpaired) electrons. The number of hydrogen-bond acceptors (Lipinski definition) is 13. The summed E-state index contributed by atoms with van der Waals surface area (Å²) in [5.74, 6) is -7.28. The molecule has 0 aromatic rings. The minimum atomic E-state index is -1.67. The van der Waals surface area contributed by atoms with Crippen molar-refractivity contribution in [1.29, 1.82) is 0 Å². The minimum absolute atomic E-state index is 0.0297. The molecule has 22 heteroatoms. The first-order valence-corrected chi connectivity index (χ1v) is 29.3. The van der Waals surface area contributed by atoms with E-state index in [0.717, 1.165) is 32.1 Å². The van der Waals surface area contributed by atoms with Gasteiger partial charge in [-0.05, 0) is 112 Å². The van der Waals surface area contributed by atoms with Gasteiger partial charge in [0.05, 0.1) is 12.7 Å². The molecule has 0 bridgehead atoms. The zero-order valence-corrected chi connectivity index (χ0v) is 51.7. The molecule has 1 rings (SSSR count). The van der Waals surface area contributed by atoms with Gasteiger partial charge < -0.3 is 62.5 Å². The molecule has 1 fully saturated rings. The van der Waals surface area contributed by atoms with Crippen LogP contribution in [0.3, 0.4) is 0 Å². The summed E-state index contributed by atoms with van der Waals surface area (Å²) in [6.07, 6.45) is 7.64. The molecule has 0 spiro atoms. The molecule has 1 aliphatic heterocycles. The Morgan fingerprint density at radius 1 is 0.625 bits per heavy atom. The van der Waals surface area contributed by atoms with Crippen molar-refractivity contribution in [1.82, 2.24) is 52.3 Å². The Bertz CT molecular complexity index is 2060. The summed E-state index contributed by atoms with van der Waals surface area (Å²) in [6.45, 7) is 27.5. The van der Waals surface area contributed by atoms with Gasteiger partial charge in [0, 0.05) is 44.4 Å². The highest BCUT2D eigenvalue weighted by Crippen LogP contribution is 2.24. The Labute approximate surface area is 478 Å². The largest absolute Gasteiger partial charge is 0.395 e. The average molecular weight is 1140 g/mol. The number of Topliss-reactive ketones (excluding diaryl/α,β-unsaturated/α-hetero) is 1. The number of amides is 9. The summed E-state index contributed by atoms with van der Waals surface area (Å²) >= 11 is 0. The molecule has 0 aromatic heterocycles. The van der Waals surface area contributed by atoms with Crippen molar-refractivity contribution < 1.29 is 58.2 Å². The van der Waals surface area contributed by atoms with Gasteiger partial charge >= 0.3 is 0 Å². The van der Waals surface area contributed by atoms with Crippen molar-refractivity contribution in [3.63, 3.8) is 0 Å². The Hall–Kier alpha value is -5.22. The van der Waals surface area contributed by atoms with Crippen molar-refractivity contribution in [3.05, 3.63) is 0 Å². The van der Waals surface area contributed by atoms with Crippen molar-refractivity contribution in [2.75, 3.05) is 33.3 Å². The van der Waals surface area contributed by atoms with E-state index in [1.165, 1.54) is 54.9 Å². The molecule has 10 N–H and O–H groups in total. The lowest BCUT2D eigenvalue weighted by molar-refractivity contribution is -0.142. The number of aliphatic hydroxyl groups is 2. The molecule has 1 aliphatic rings. The van der Waals surface area contributed by atoms with Gasteiger partial charge in [0.1, 0.15) is 52.6 Å². The Balaban J connectivity index is 3.18. The van der Waals surface area contributed by atoms with Gasteiger partial charge in [-0.15, -0.1) is 0 Å². The van der Waals surface area contributed by atoms with Crippen LogP contribution in [0, 0.1) is 23.7 Å². The lowest BCUT2D eigenvalue weighted by Gasteiger charge is -2.35. The number of ketones is 1. The van der Waals surface area contributed by atoms with Gasteiger partial charge in [0.15, 0.2) is 0 Å². The average Bonchev–Trinajstić information content (AvgIpc) is 3.84. The van der Waals surface area contributed by atoms with Crippen LogP contribution in [0.2, 0.25) is 0 Å². The number of rotatable bonds is 37. The quantitative estimate of drug-likeness (QED) is 0.0401. The van der Waals surface area contributed by atoms with E-state index in [9.17, 15) is 58.2 Å². The Morgan fingerprint density at radius 2 is 1.16 bits per heavy atom. The molecule has 22 nitrogen and oxygen atoms in total. The summed E-state index contributed by atoms with van der Waals surface area (Å²) < 4.78 is 0. The SMILES string of the molecule is CCCCCCCCC(C)C(=O)N1CCC[C@H]1C(=O)NC(CC(C)CC(O)CC(=O)CC)C(=O)N[C@@H](C)C(=O)NC(C)(C)C(=O)N[C@H](C(=O)N[C@H](C(=O)NC(C)(C)C(=O)NC(C)(C)C(=O)NC(C)CN(C)CCO)C(C)C)C(C)C. The summed E-state index contributed by atoms with van der Waals surface area (Å²) in [4.78, 5) is 140. The van der Waals surface area contributed by atoms with Crippen molar-refractivity contribution in [2.24, 2.45) is 23.7 Å². The highest BCUT2D eigenvalue weighted by atomic mass is 16.3. The Morgan fingerprint density at radius 3 is 1.74 bits per heavy atom. The minimum Gasteiger partial charge on any atom is -0.395 e. The van der Waals surface area contributed by atoms with Crippen LogP contribution < -0.4 is 42.5 Å². The molecule has 9 amide bonds. The fourth-order valence-electron chi connectivity index (χ4n) is 9.50. The number of nitrogens with zero attached hydrogens (tertiary/aromatic N) is 2. The van der Waals surface area contributed by atoms with Crippen molar-refractivity contribution in [2.45, 2.75) is 253 Å². The zero-order chi connectivity index (χ0) is 61.5. The van der Waals surface area contributed by atoms with Crippen LogP contribution in [0.4, 0.5) is 0 Å². The highest BCUT2D eigenvalue weighted by molar-refractivity contribution is 6.00. The van der Waals surface area contributed by atoms with Crippen LogP contribution in [0.25, 0.3) is 0 Å². The molecular weight excluding hydrogens is 1030 g/mol. The third-order valence-corrected chi connectivity index (χ3v) is 14.7. The molecule has 1 heterocycles. The van der Waals surface area contributed by atoms with Crippen LogP contribution in [0.15, 0.2) is 0 Å². The second-order valence-corrected chi connectivity index (χ2v) is 24.9. The standard InChI is InChI=1S/C58H106N10O12/c1-18-20-21-22-23-24-26-38(8)52(77)68-28-25-27-44(68)49(74)61-43(32-37(7)31-42(71)33-41(70)19-2)48(73)60-40(10)47(72)64-56(11,12)54(79)63-45(35(3)4)50(75)62-46(36(5)6)51(76)65-58(15,16)55(80)66-57(13,14)53(78)59-39(9)34-67(17)29-30-69/h35-40,42-46,69,71H,18-34H2,1-17H3,(H,59,78)(H,60,73)(H,61,74)(H,62,75)(H,63,79)(H,64,72)(H,65,76)(H,66,80)/t37?,38?,39?,40-,42?,43?,44-,45-,46-/m0/s1. The number of carbonyl (C=O) groups excluding carboxylic acids is 10. The van der Waals surface area contributed by atoms with Crippen LogP contribution in [0.5, 0.6) is 0 Å². The van der Waals surface area contributed by atoms with Gasteiger partial charge in [-0.3, -0.25) is 47.9 Å². The van der Waals surface area contributed by atoms with Crippen molar-refractivity contribution >= 4 is 58.9 Å². The predicted octanol–water partition coefficient (Wildman–Crippen LogP) is 2.89. The number of aliphatic hydroxyl groups excluding tert-OH is 2. The van der Waals surface area contributed by atoms with Gasteiger partial charge in [-0.1, -0.05) is 93.9 Å². The monoisotopic (exact) mass is 1130 g/mol. The molecule has 460 valence electrons. The molecule has 9 atom stereocenters. The van der Waals surface area contributed by atoms with E-state index in [4.69, 9.17) is 0 Å². The number of carbonyl (C=O) groups is 10. The smallest absolute Gasteiger partial charge is 0.246 e. The summed E-state index contributed by atoms with van der Waals surface area (Å²) in [5.41, 5.74) is -4.64. The molecule has 0 saturated carbocycles. The molecule has 0 aromatic carbocycles. The molecule has 5 unspecified atom stereocenters. The molecule has 1 saturated heterocycles. The van der Waals surface area contributed by atoms with E-state index in [2.05, 4.69) is 49.5 Å². The topological polar surface area (TPSA) is 314 Å². The summed E-state index contributed by atoms with van der Waals surface area (Å²) in [6, 6.07) is -5.99. The normalized spacial score (nSPS) is 17.0. The summed E-state index contributed by atoms with van der Waals surface area (Å²) in [5, 5.41) is 41.7. The van der Waals surface area contributed by atoms with Gasteiger partial charge in [-0.25, -0.2) is 0 Å². The number of likely N-dealkylation sites (N-methyl/N-ethyl adjacent to an activating group) is 1. The van der Waals surface area contributed by atoms with Crippen LogP contribution in [-0.4, -0.2) is 171 Å². The highest BCUT2D eigenvalue weighted by Gasteiger charge is 2.42. The number of unbranched alkanes of at least 4 members (excludes halogenated alkanes) is 5. The second-order valence-electron chi connectivity index (χ2n) is 24.9. The van der Waals surface area contributed by atoms with E-state index >= 15 is 0 Å². The first-order chi connectivity index (χ1) is 37.0. The lowest BCUT2D eigenvalue weighted by atomic mass is 9.92. The third-order valence-electron chi connectivity index (χ3n) is 14.7. The third kappa shape index (κ3) is 24.9. The van der Waals surface area contributed by atoms with E-state index in [1.807, 2.05) is 11.8 Å². The second kappa shape index (κ2) is 34.3. The van der Waals surface area contributed by atoms with Crippen LogP contribution in [-0.2, 0) is 47.9 Å². The fraction of sp³-hybridized carbons (Fsp3) is 0.828. The van der Waals surface area contributed by atoms with Gasteiger partial charge in [0.25, 0.3) is 0 Å². The fourth-order valence-corrected chi connectivity index (χ4v) is 9.50. The predicted molar refractivity (Wildman–Crippen MR) is 308 cm³/mol. The maximum Gasteiger partial charge on any atom is 0.246 e. The molecule has 0 aliphatic carbocycles. The molecule has 80 heavy (non-hydrogen) atoms. The maximum absolute atomic E-state index is 14.1. The van der Waals surface area contributed by atoms with E-state index in [1.54, 1.807) is 60.4 Å². The lowest BCUT2D eigenvalue weighted by Crippen LogP contribution is -2.66. The van der Waals surface area contributed by atoms with E-state index in [0.29, 0.717) is 38.9 Å².